The maximum Gasteiger partial charge on any atom is 0.410 e. The van der Waals surface area contributed by atoms with Crippen molar-refractivity contribution in [3.8, 4) is 11.4 Å². The molecule has 10 heteroatoms. The molecule has 0 atom stereocenters. The van der Waals surface area contributed by atoms with Gasteiger partial charge in [0, 0.05) is 30.7 Å². The van der Waals surface area contributed by atoms with Gasteiger partial charge in [0.2, 0.25) is 11.7 Å². The Balaban J connectivity index is 1.46. The largest absolute Gasteiger partial charge is 0.444 e. The summed E-state index contributed by atoms with van der Waals surface area (Å²) in [5, 5.41) is 11.0. The van der Waals surface area contributed by atoms with Crippen molar-refractivity contribution in [1.29, 1.82) is 0 Å². The van der Waals surface area contributed by atoms with Crippen molar-refractivity contribution in [2.45, 2.75) is 39.0 Å². The molecule has 1 aliphatic heterocycles. The van der Waals surface area contributed by atoms with Gasteiger partial charge >= 0.3 is 6.09 Å². The number of carbonyl (C=O) groups is 1. The second-order valence-electron chi connectivity index (χ2n) is 7.67. The number of hydrogen-bond donors (Lipinski definition) is 2. The molecule has 1 aromatic carbocycles. The van der Waals surface area contributed by atoms with E-state index in [0.717, 1.165) is 5.56 Å². The van der Waals surface area contributed by atoms with Gasteiger partial charge < -0.3 is 24.8 Å². The van der Waals surface area contributed by atoms with Gasteiger partial charge in [-0.1, -0.05) is 28.9 Å². The summed E-state index contributed by atoms with van der Waals surface area (Å²) >= 11 is 6.00. The molecule has 0 aliphatic carbocycles. The molecule has 0 unspecified atom stereocenters. The van der Waals surface area contributed by atoms with Crippen molar-refractivity contribution < 1.29 is 14.1 Å². The summed E-state index contributed by atoms with van der Waals surface area (Å²) in [5.41, 5.74) is 0.285. The Morgan fingerprint density at radius 3 is 2.83 bits per heavy atom. The van der Waals surface area contributed by atoms with E-state index in [1.807, 2.05) is 32.9 Å². The standard InChI is InChI=1S/C19H25ClN6O3/c1-19(2,3)28-18(27)26-10-14(11-26)23-17(21-4)22-9-15-24-16(25-29-15)12-6-5-7-13(20)8-12/h5-8,14H,9-11H2,1-4H3,(H2,21,22,23). The highest BCUT2D eigenvalue weighted by atomic mass is 35.5. The Morgan fingerprint density at radius 1 is 1.41 bits per heavy atom. The van der Waals surface area contributed by atoms with Crippen LogP contribution >= 0.6 is 11.6 Å². The number of rotatable bonds is 4. The van der Waals surface area contributed by atoms with Crippen molar-refractivity contribution in [3.63, 3.8) is 0 Å². The molecular formula is C19H25ClN6O3. The van der Waals surface area contributed by atoms with E-state index in [4.69, 9.17) is 20.9 Å². The molecule has 3 rings (SSSR count). The molecule has 1 aliphatic rings. The molecule has 1 fully saturated rings. The van der Waals surface area contributed by atoms with Crippen LogP contribution in [-0.2, 0) is 11.3 Å². The third-order valence-electron chi connectivity index (χ3n) is 4.06. The Morgan fingerprint density at radius 2 is 2.17 bits per heavy atom. The zero-order valence-electron chi connectivity index (χ0n) is 16.9. The fraction of sp³-hybridized carbons (Fsp3) is 0.474. The van der Waals surface area contributed by atoms with E-state index in [1.54, 1.807) is 24.1 Å². The highest BCUT2D eigenvalue weighted by molar-refractivity contribution is 6.30. The second-order valence-corrected chi connectivity index (χ2v) is 8.11. The molecular weight excluding hydrogens is 396 g/mol. The monoisotopic (exact) mass is 420 g/mol. The van der Waals surface area contributed by atoms with Crippen molar-refractivity contribution in [2.75, 3.05) is 20.1 Å². The number of ether oxygens (including phenoxy) is 1. The Bertz CT molecular complexity index is 886. The minimum Gasteiger partial charge on any atom is -0.444 e. The van der Waals surface area contributed by atoms with Crippen LogP contribution in [0.2, 0.25) is 5.02 Å². The number of nitrogens with zero attached hydrogens (tertiary/aromatic N) is 4. The third-order valence-corrected chi connectivity index (χ3v) is 4.29. The normalized spacial score (nSPS) is 15.1. The van der Waals surface area contributed by atoms with Gasteiger partial charge in [0.05, 0.1) is 12.6 Å². The lowest BCUT2D eigenvalue weighted by Gasteiger charge is -2.40. The van der Waals surface area contributed by atoms with Crippen molar-refractivity contribution in [1.82, 2.24) is 25.7 Å². The SMILES string of the molecule is CN=C(NCc1nc(-c2cccc(Cl)c2)no1)NC1CN(C(=O)OC(C)(C)C)C1. The number of aliphatic imine (C=N–C) groups is 1. The molecule has 2 aromatic rings. The molecule has 1 aromatic heterocycles. The lowest BCUT2D eigenvalue weighted by Crippen LogP contribution is -2.63. The zero-order valence-corrected chi connectivity index (χ0v) is 17.7. The molecule has 0 radical (unpaired) electrons. The summed E-state index contributed by atoms with van der Waals surface area (Å²) in [5.74, 6) is 1.48. The summed E-state index contributed by atoms with van der Waals surface area (Å²) in [6, 6.07) is 7.35. The lowest BCUT2D eigenvalue weighted by atomic mass is 10.1. The number of guanidine groups is 1. The van der Waals surface area contributed by atoms with E-state index < -0.39 is 5.60 Å². The number of benzene rings is 1. The van der Waals surface area contributed by atoms with Crippen LogP contribution in [0.3, 0.4) is 0 Å². The number of hydrogen-bond acceptors (Lipinski definition) is 6. The van der Waals surface area contributed by atoms with Gasteiger partial charge in [0.25, 0.3) is 0 Å². The van der Waals surface area contributed by atoms with Gasteiger partial charge in [-0.05, 0) is 32.9 Å². The first-order valence-corrected chi connectivity index (χ1v) is 9.65. The Hall–Kier alpha value is -2.81. The minimum absolute atomic E-state index is 0.0958. The number of nitrogens with one attached hydrogen (secondary N) is 2. The van der Waals surface area contributed by atoms with Crippen molar-refractivity contribution in [3.05, 3.63) is 35.2 Å². The molecule has 0 bridgehead atoms. The molecule has 156 valence electrons. The second kappa shape index (κ2) is 8.69. The van der Waals surface area contributed by atoms with Gasteiger partial charge in [0.1, 0.15) is 5.60 Å². The molecule has 2 N–H and O–H groups in total. The van der Waals surface area contributed by atoms with Crippen LogP contribution in [0.25, 0.3) is 11.4 Å². The fourth-order valence-corrected chi connectivity index (χ4v) is 2.85. The third kappa shape index (κ3) is 5.83. The Labute approximate surface area is 174 Å². The van der Waals surface area contributed by atoms with Gasteiger partial charge in [-0.15, -0.1) is 0 Å². The van der Waals surface area contributed by atoms with E-state index in [2.05, 4.69) is 25.8 Å². The van der Waals surface area contributed by atoms with Crippen LogP contribution in [-0.4, -0.2) is 58.9 Å². The highest BCUT2D eigenvalue weighted by Gasteiger charge is 2.34. The number of carbonyl (C=O) groups excluding carboxylic acids is 1. The Kier molecular flexibility index (Phi) is 6.26. The topological polar surface area (TPSA) is 105 Å². The summed E-state index contributed by atoms with van der Waals surface area (Å²) in [7, 11) is 1.67. The van der Waals surface area contributed by atoms with Crippen LogP contribution in [0.5, 0.6) is 0 Å². The number of halogens is 1. The summed E-state index contributed by atoms with van der Waals surface area (Å²) in [6.07, 6.45) is -0.307. The molecule has 0 saturated carbocycles. The molecule has 9 nitrogen and oxygen atoms in total. The van der Waals surface area contributed by atoms with Crippen LogP contribution in [0, 0.1) is 0 Å². The summed E-state index contributed by atoms with van der Waals surface area (Å²) in [6.45, 7) is 6.96. The van der Waals surface area contributed by atoms with Gasteiger partial charge in [0.15, 0.2) is 5.96 Å². The van der Waals surface area contributed by atoms with E-state index in [-0.39, 0.29) is 12.1 Å². The van der Waals surface area contributed by atoms with E-state index in [9.17, 15) is 4.79 Å². The molecule has 1 saturated heterocycles. The average molecular weight is 421 g/mol. The van der Waals surface area contributed by atoms with E-state index in [0.29, 0.717) is 42.3 Å². The number of amides is 1. The fourth-order valence-electron chi connectivity index (χ4n) is 2.66. The van der Waals surface area contributed by atoms with Gasteiger partial charge in [-0.25, -0.2) is 4.79 Å². The van der Waals surface area contributed by atoms with Crippen molar-refractivity contribution in [2.24, 2.45) is 4.99 Å². The van der Waals surface area contributed by atoms with Crippen molar-refractivity contribution >= 4 is 23.7 Å². The first-order chi connectivity index (χ1) is 13.7. The van der Waals surface area contributed by atoms with E-state index >= 15 is 0 Å². The lowest BCUT2D eigenvalue weighted by molar-refractivity contribution is 0.00701. The first-order valence-electron chi connectivity index (χ1n) is 9.27. The van der Waals surface area contributed by atoms with Gasteiger partial charge in [-0.2, -0.15) is 4.98 Å². The van der Waals surface area contributed by atoms with Crippen LogP contribution in [0.1, 0.15) is 26.7 Å². The molecule has 29 heavy (non-hydrogen) atoms. The predicted octanol–water partition coefficient (Wildman–Crippen LogP) is 2.67. The smallest absolute Gasteiger partial charge is 0.410 e. The maximum atomic E-state index is 12.0. The van der Waals surface area contributed by atoms with Crippen LogP contribution in [0.4, 0.5) is 4.79 Å². The summed E-state index contributed by atoms with van der Waals surface area (Å²) in [4.78, 5) is 22.2. The minimum atomic E-state index is -0.499. The van der Waals surface area contributed by atoms with Crippen LogP contribution in [0.15, 0.2) is 33.8 Å². The molecule has 1 amide bonds. The summed E-state index contributed by atoms with van der Waals surface area (Å²) < 4.78 is 10.6. The quantitative estimate of drug-likeness (QED) is 0.578. The highest BCUT2D eigenvalue weighted by Crippen LogP contribution is 2.20. The number of likely N-dealkylation sites (tertiary alicyclic amines) is 1. The number of aromatic nitrogens is 2. The predicted molar refractivity (Wildman–Crippen MR) is 110 cm³/mol. The molecule has 2 heterocycles. The van der Waals surface area contributed by atoms with Crippen LogP contribution < -0.4 is 10.6 Å². The van der Waals surface area contributed by atoms with Gasteiger partial charge in [-0.3, -0.25) is 4.99 Å². The molecule has 0 spiro atoms. The average Bonchev–Trinajstić information content (AvgIpc) is 3.07. The first kappa shape index (κ1) is 20.9. The zero-order chi connectivity index (χ0) is 21.0. The maximum absolute atomic E-state index is 12.0. The van der Waals surface area contributed by atoms with E-state index in [1.165, 1.54) is 0 Å².